The molecule has 4 nitrogen and oxygen atoms in total. The standard InChI is InChI=1S/C18H19NO3S/c1-22-18(21)14-4-2-3-13(14)17(20)12-7-5-11(6-8-12)15-9-10-16(19)23-15/h5-10,13-14H,2-4,19H2,1H3/t13-,14-/m1/s1. The Hall–Kier alpha value is -2.14. The Balaban J connectivity index is 1.79. The molecule has 1 fully saturated rings. The molecule has 0 spiro atoms. The van der Waals surface area contributed by atoms with E-state index in [4.69, 9.17) is 10.5 Å². The molecule has 3 rings (SSSR count). The van der Waals surface area contributed by atoms with Crippen LogP contribution in [-0.4, -0.2) is 18.9 Å². The molecular weight excluding hydrogens is 310 g/mol. The molecule has 0 unspecified atom stereocenters. The number of methoxy groups -OCH3 is 1. The molecule has 0 radical (unpaired) electrons. The van der Waals surface area contributed by atoms with E-state index in [0.717, 1.165) is 34.7 Å². The van der Waals surface area contributed by atoms with Crippen molar-refractivity contribution in [3.05, 3.63) is 42.0 Å². The minimum atomic E-state index is -0.302. The molecule has 23 heavy (non-hydrogen) atoms. The summed E-state index contributed by atoms with van der Waals surface area (Å²) in [5, 5.41) is 0.770. The number of hydrogen-bond donors (Lipinski definition) is 1. The van der Waals surface area contributed by atoms with Gasteiger partial charge in [-0.1, -0.05) is 30.7 Å². The Kier molecular flexibility index (Phi) is 4.48. The van der Waals surface area contributed by atoms with Crippen LogP contribution in [0, 0.1) is 11.8 Å². The lowest BCUT2D eigenvalue weighted by Crippen LogP contribution is -2.26. The second kappa shape index (κ2) is 6.54. The van der Waals surface area contributed by atoms with Gasteiger partial charge in [0.05, 0.1) is 18.0 Å². The van der Waals surface area contributed by atoms with Crippen molar-refractivity contribution < 1.29 is 14.3 Å². The van der Waals surface area contributed by atoms with Crippen molar-refractivity contribution in [1.29, 1.82) is 0 Å². The number of ketones is 1. The maximum absolute atomic E-state index is 12.7. The van der Waals surface area contributed by atoms with Crippen LogP contribution < -0.4 is 5.73 Å². The highest BCUT2D eigenvalue weighted by Gasteiger charge is 2.38. The van der Waals surface area contributed by atoms with Crippen molar-refractivity contribution in [1.82, 2.24) is 0 Å². The number of carbonyl (C=O) groups excluding carboxylic acids is 2. The van der Waals surface area contributed by atoms with Gasteiger partial charge in [0.15, 0.2) is 5.78 Å². The summed E-state index contributed by atoms with van der Waals surface area (Å²) in [6.07, 6.45) is 2.38. The predicted molar refractivity (Wildman–Crippen MR) is 91.3 cm³/mol. The third-order valence-corrected chi connectivity index (χ3v) is 5.40. The SMILES string of the molecule is COC(=O)[C@@H]1CCC[C@H]1C(=O)c1ccc(-c2ccc(N)s2)cc1. The molecule has 5 heteroatoms. The Morgan fingerprint density at radius 1 is 1.09 bits per heavy atom. The number of carbonyl (C=O) groups is 2. The maximum atomic E-state index is 12.7. The van der Waals surface area contributed by atoms with Crippen molar-refractivity contribution in [3.8, 4) is 10.4 Å². The fourth-order valence-corrected chi connectivity index (χ4v) is 4.01. The second-order valence-electron chi connectivity index (χ2n) is 5.81. The van der Waals surface area contributed by atoms with E-state index in [-0.39, 0.29) is 23.6 Å². The van der Waals surface area contributed by atoms with Gasteiger partial charge in [0, 0.05) is 16.4 Å². The van der Waals surface area contributed by atoms with E-state index in [1.807, 2.05) is 36.4 Å². The summed E-state index contributed by atoms with van der Waals surface area (Å²) in [5.74, 6) is -0.795. The Morgan fingerprint density at radius 3 is 2.39 bits per heavy atom. The van der Waals surface area contributed by atoms with Crippen LogP contribution in [0.5, 0.6) is 0 Å². The zero-order valence-corrected chi connectivity index (χ0v) is 13.8. The molecular formula is C18H19NO3S. The van der Waals surface area contributed by atoms with Crippen LogP contribution >= 0.6 is 11.3 Å². The van der Waals surface area contributed by atoms with E-state index in [1.54, 1.807) is 0 Å². The fraction of sp³-hybridized carbons (Fsp3) is 0.333. The van der Waals surface area contributed by atoms with Crippen molar-refractivity contribution >= 4 is 28.1 Å². The molecule has 120 valence electrons. The monoisotopic (exact) mass is 329 g/mol. The number of hydrogen-bond acceptors (Lipinski definition) is 5. The third kappa shape index (κ3) is 3.15. The zero-order valence-electron chi connectivity index (χ0n) is 13.0. The summed E-state index contributed by atoms with van der Waals surface area (Å²) in [6, 6.07) is 11.4. The quantitative estimate of drug-likeness (QED) is 0.685. The number of nitrogen functional groups attached to an aromatic ring is 1. The normalized spacial score (nSPS) is 20.4. The molecule has 2 aromatic rings. The Morgan fingerprint density at radius 2 is 1.78 bits per heavy atom. The lowest BCUT2D eigenvalue weighted by Gasteiger charge is -2.16. The number of ether oxygens (including phenoxy) is 1. The van der Waals surface area contributed by atoms with E-state index in [9.17, 15) is 9.59 Å². The van der Waals surface area contributed by atoms with Gasteiger partial charge in [-0.2, -0.15) is 0 Å². The number of benzene rings is 1. The summed E-state index contributed by atoms with van der Waals surface area (Å²) in [6.45, 7) is 0. The van der Waals surface area contributed by atoms with Crippen molar-refractivity contribution in [2.24, 2.45) is 11.8 Å². The van der Waals surface area contributed by atoms with E-state index in [2.05, 4.69) is 0 Å². The number of esters is 1. The summed E-state index contributed by atoms with van der Waals surface area (Å²) < 4.78 is 4.83. The third-order valence-electron chi connectivity index (χ3n) is 4.44. The number of anilines is 1. The number of rotatable bonds is 4. The Labute approximate surface area is 139 Å². The molecule has 0 saturated heterocycles. The lowest BCUT2D eigenvalue weighted by molar-refractivity contribution is -0.146. The van der Waals surface area contributed by atoms with E-state index in [1.165, 1.54) is 18.4 Å². The molecule has 2 atom stereocenters. The largest absolute Gasteiger partial charge is 0.469 e. The molecule has 1 aromatic carbocycles. The average molecular weight is 329 g/mol. The van der Waals surface area contributed by atoms with Crippen molar-refractivity contribution in [2.45, 2.75) is 19.3 Å². The van der Waals surface area contributed by atoms with Gasteiger partial charge < -0.3 is 10.5 Å². The van der Waals surface area contributed by atoms with E-state index < -0.39 is 0 Å². The number of nitrogens with two attached hydrogens (primary N) is 1. The maximum Gasteiger partial charge on any atom is 0.309 e. The first-order chi connectivity index (χ1) is 11.1. The summed E-state index contributed by atoms with van der Waals surface area (Å²) in [5.41, 5.74) is 7.45. The van der Waals surface area contributed by atoms with Gasteiger partial charge in [0.25, 0.3) is 0 Å². The minimum absolute atomic E-state index is 0.0372. The van der Waals surface area contributed by atoms with Gasteiger partial charge in [-0.3, -0.25) is 9.59 Å². The first-order valence-corrected chi connectivity index (χ1v) is 8.49. The van der Waals surface area contributed by atoms with E-state index in [0.29, 0.717) is 5.56 Å². The molecule has 1 saturated carbocycles. The lowest BCUT2D eigenvalue weighted by atomic mass is 9.88. The predicted octanol–water partition coefficient (Wildman–Crippen LogP) is 3.77. The van der Waals surface area contributed by atoms with Gasteiger partial charge in [-0.25, -0.2) is 0 Å². The molecule has 0 aliphatic heterocycles. The summed E-state index contributed by atoms with van der Waals surface area (Å²) in [4.78, 5) is 25.6. The van der Waals surface area contributed by atoms with Crippen LogP contribution in [0.4, 0.5) is 5.00 Å². The highest BCUT2D eigenvalue weighted by molar-refractivity contribution is 7.19. The van der Waals surface area contributed by atoms with Crippen LogP contribution in [0.25, 0.3) is 10.4 Å². The molecule has 1 aromatic heterocycles. The summed E-state index contributed by atoms with van der Waals surface area (Å²) >= 11 is 1.52. The van der Waals surface area contributed by atoms with Crippen LogP contribution in [0.1, 0.15) is 29.6 Å². The van der Waals surface area contributed by atoms with Crippen molar-refractivity contribution in [3.63, 3.8) is 0 Å². The zero-order chi connectivity index (χ0) is 16.4. The molecule has 1 aliphatic carbocycles. The summed E-state index contributed by atoms with van der Waals surface area (Å²) in [7, 11) is 1.38. The number of thiophene rings is 1. The van der Waals surface area contributed by atoms with Crippen LogP contribution in [0.2, 0.25) is 0 Å². The first kappa shape index (κ1) is 15.7. The van der Waals surface area contributed by atoms with Gasteiger partial charge in [-0.05, 0) is 30.5 Å². The molecule has 0 amide bonds. The van der Waals surface area contributed by atoms with Gasteiger partial charge in [0.2, 0.25) is 0 Å². The van der Waals surface area contributed by atoms with Gasteiger partial charge in [-0.15, -0.1) is 11.3 Å². The minimum Gasteiger partial charge on any atom is -0.469 e. The smallest absolute Gasteiger partial charge is 0.309 e. The fourth-order valence-electron chi connectivity index (χ4n) is 3.23. The molecule has 1 aliphatic rings. The van der Waals surface area contributed by atoms with Crippen LogP contribution in [-0.2, 0) is 9.53 Å². The first-order valence-electron chi connectivity index (χ1n) is 7.68. The highest BCUT2D eigenvalue weighted by atomic mass is 32.1. The average Bonchev–Trinajstić information content (AvgIpc) is 3.22. The topological polar surface area (TPSA) is 69.4 Å². The van der Waals surface area contributed by atoms with Crippen LogP contribution in [0.3, 0.4) is 0 Å². The number of Topliss-reactive ketones (excluding diaryl/α,β-unsaturated/α-hetero) is 1. The van der Waals surface area contributed by atoms with Gasteiger partial charge >= 0.3 is 5.97 Å². The molecule has 2 N–H and O–H groups in total. The molecule has 1 heterocycles. The van der Waals surface area contributed by atoms with Crippen LogP contribution in [0.15, 0.2) is 36.4 Å². The van der Waals surface area contributed by atoms with E-state index >= 15 is 0 Å². The molecule has 0 bridgehead atoms. The highest BCUT2D eigenvalue weighted by Crippen LogP contribution is 2.36. The van der Waals surface area contributed by atoms with Crippen molar-refractivity contribution in [2.75, 3.05) is 12.8 Å². The van der Waals surface area contributed by atoms with Gasteiger partial charge in [0.1, 0.15) is 0 Å². The second-order valence-corrected chi connectivity index (χ2v) is 6.93. The Bertz CT molecular complexity index is 720.